The highest BCUT2D eigenvalue weighted by molar-refractivity contribution is 5.57. The highest BCUT2D eigenvalue weighted by atomic mass is 16.6. The molecular weight excluding hydrogens is 216 g/mol. The summed E-state index contributed by atoms with van der Waals surface area (Å²) in [6.45, 7) is 0.183. The van der Waals surface area contributed by atoms with Crippen molar-refractivity contribution in [3.8, 4) is 5.69 Å². The molecule has 1 aromatic carbocycles. The second-order valence-corrected chi connectivity index (χ2v) is 3.45. The number of rotatable bonds is 3. The topological polar surface area (TPSA) is 48.1 Å². The Labute approximate surface area is 100 Å². The molecule has 0 aliphatic rings. The lowest BCUT2D eigenvalue weighted by molar-refractivity contribution is -0.384. The molecule has 0 N–H and O–H groups in total. The van der Waals surface area contributed by atoms with Crippen molar-refractivity contribution in [3.63, 3.8) is 0 Å². The van der Waals surface area contributed by atoms with Gasteiger partial charge in [-0.25, -0.2) is 0 Å². The predicted molar refractivity (Wildman–Crippen MR) is 67.1 cm³/mol. The fourth-order valence-corrected chi connectivity index (χ4v) is 1.69. The summed E-state index contributed by atoms with van der Waals surface area (Å²) in [7, 11) is 0. The van der Waals surface area contributed by atoms with Crippen LogP contribution < -0.4 is 0 Å². The van der Waals surface area contributed by atoms with E-state index in [2.05, 4.69) is 0 Å². The van der Waals surface area contributed by atoms with E-state index in [4.69, 9.17) is 1.37 Å². The highest BCUT2D eigenvalue weighted by Crippen LogP contribution is 2.24. The van der Waals surface area contributed by atoms with Crippen LogP contribution in [0.2, 0.25) is 0 Å². The third-order valence-corrected chi connectivity index (χ3v) is 2.41. The zero-order valence-electron chi connectivity index (χ0n) is 10.1. The molecule has 0 fully saturated rings. The monoisotopic (exact) mass is 229 g/mol. The summed E-state index contributed by atoms with van der Waals surface area (Å²) >= 11 is 0. The number of benzene rings is 1. The van der Waals surface area contributed by atoms with E-state index in [1.165, 1.54) is 6.07 Å². The first kappa shape index (κ1) is 9.84. The minimum atomic E-state index is -0.396. The van der Waals surface area contributed by atoms with Crippen molar-refractivity contribution in [3.05, 3.63) is 64.5 Å². The van der Waals surface area contributed by atoms with Gasteiger partial charge in [-0.3, -0.25) is 10.1 Å². The molecule has 0 saturated heterocycles. The van der Waals surface area contributed by atoms with E-state index >= 15 is 0 Å². The zero-order chi connectivity index (χ0) is 13.0. The molecule has 0 saturated carbocycles. The molecule has 0 radical (unpaired) electrons. The molecule has 0 atom stereocenters. The Bertz CT molecular complexity index is 590. The van der Waals surface area contributed by atoms with Gasteiger partial charge in [0.2, 0.25) is 0 Å². The first-order valence-electron chi connectivity index (χ1n) is 5.81. The second-order valence-electron chi connectivity index (χ2n) is 3.45. The molecule has 0 bridgehead atoms. The zero-order valence-corrected chi connectivity index (χ0v) is 9.11. The van der Waals surface area contributed by atoms with Crippen molar-refractivity contribution >= 4 is 11.8 Å². The average molecular weight is 229 g/mol. The summed E-state index contributed by atoms with van der Waals surface area (Å²) in [4.78, 5) is 10.6. The van der Waals surface area contributed by atoms with E-state index < -0.39 is 4.92 Å². The summed E-state index contributed by atoms with van der Waals surface area (Å²) in [5.41, 5.74) is 1.41. The molecule has 17 heavy (non-hydrogen) atoms. The van der Waals surface area contributed by atoms with Crippen molar-refractivity contribution in [1.82, 2.24) is 4.57 Å². The summed E-state index contributed by atoms with van der Waals surface area (Å²) in [6, 6.07) is 10.3. The maximum absolute atomic E-state index is 11.0. The van der Waals surface area contributed by atoms with Gasteiger partial charge in [-0.1, -0.05) is 18.2 Å². The minimum absolute atomic E-state index is 0.0641. The number of nitro groups is 1. The van der Waals surface area contributed by atoms with Gasteiger partial charge >= 0.3 is 0 Å². The maximum atomic E-state index is 11.0. The summed E-state index contributed by atoms with van der Waals surface area (Å²) in [5, 5.41) is 11.0. The number of hydrogen-bond acceptors (Lipinski definition) is 2. The van der Waals surface area contributed by atoms with E-state index in [0.717, 1.165) is 5.69 Å². The lowest BCUT2D eigenvalue weighted by Crippen LogP contribution is -2.00. The summed E-state index contributed by atoms with van der Waals surface area (Å²) in [5.74, 6) is 0. The van der Waals surface area contributed by atoms with Gasteiger partial charge in [0, 0.05) is 19.3 Å². The molecule has 0 amide bonds. The normalized spacial score (nSPS) is 11.6. The van der Waals surface area contributed by atoms with Gasteiger partial charge in [0.25, 0.3) is 5.69 Å². The van der Waals surface area contributed by atoms with Crippen LogP contribution in [0.1, 0.15) is 14.0 Å². The first-order chi connectivity index (χ1) is 8.74. The van der Waals surface area contributed by atoms with E-state index in [1.54, 1.807) is 41.1 Å². The summed E-state index contributed by atoms with van der Waals surface area (Å²) < 4.78 is 8.83. The van der Waals surface area contributed by atoms with Crippen LogP contribution in [0.25, 0.3) is 11.8 Å². The standard InChI is InChI=1S/C13H12N2O2/c1-2-6-11-7-5-10-14(11)12-8-3-4-9-13(12)15(16)17/h2-10H,1H3/i1D. The van der Waals surface area contributed by atoms with Crippen LogP contribution in [0.5, 0.6) is 0 Å². The van der Waals surface area contributed by atoms with Gasteiger partial charge in [-0.15, -0.1) is 0 Å². The van der Waals surface area contributed by atoms with E-state index in [9.17, 15) is 10.1 Å². The van der Waals surface area contributed by atoms with Crippen LogP contribution >= 0.6 is 0 Å². The highest BCUT2D eigenvalue weighted by Gasteiger charge is 2.14. The molecule has 0 unspecified atom stereocenters. The molecule has 1 aromatic heterocycles. The van der Waals surface area contributed by atoms with E-state index in [0.29, 0.717) is 5.69 Å². The number of nitro benzene ring substituents is 1. The van der Waals surface area contributed by atoms with Gasteiger partial charge < -0.3 is 4.57 Å². The van der Waals surface area contributed by atoms with Crippen molar-refractivity contribution in [2.24, 2.45) is 0 Å². The molecular formula is C13H12N2O2. The molecule has 86 valence electrons. The summed E-state index contributed by atoms with van der Waals surface area (Å²) in [6.07, 6.45) is 5.25. The second kappa shape index (κ2) is 4.65. The van der Waals surface area contributed by atoms with Crippen molar-refractivity contribution in [1.29, 1.82) is 0 Å². The number of nitrogens with zero attached hydrogens (tertiary/aromatic N) is 2. The third-order valence-electron chi connectivity index (χ3n) is 2.41. The van der Waals surface area contributed by atoms with Gasteiger partial charge in [0.1, 0.15) is 5.69 Å². The van der Waals surface area contributed by atoms with Gasteiger partial charge in [-0.05, 0) is 31.2 Å². The third kappa shape index (κ3) is 2.10. The fourth-order valence-electron chi connectivity index (χ4n) is 1.69. The Morgan fingerprint density at radius 1 is 1.35 bits per heavy atom. The van der Waals surface area contributed by atoms with Crippen LogP contribution in [-0.4, -0.2) is 9.49 Å². The molecule has 0 aliphatic carbocycles. The van der Waals surface area contributed by atoms with Crippen molar-refractivity contribution in [2.75, 3.05) is 0 Å². The Kier molecular flexibility index (Phi) is 2.69. The molecule has 2 rings (SSSR count). The maximum Gasteiger partial charge on any atom is 0.293 e. The molecule has 2 aromatic rings. The quantitative estimate of drug-likeness (QED) is 0.598. The number of aromatic nitrogens is 1. The molecule has 0 aliphatic heterocycles. The smallest absolute Gasteiger partial charge is 0.293 e. The Morgan fingerprint density at radius 2 is 2.18 bits per heavy atom. The number of hydrogen-bond donors (Lipinski definition) is 0. The van der Waals surface area contributed by atoms with Crippen molar-refractivity contribution < 1.29 is 6.29 Å². The first-order valence-corrected chi connectivity index (χ1v) is 5.11. The molecule has 4 heteroatoms. The Balaban J connectivity index is 2.52. The lowest BCUT2D eigenvalue weighted by Gasteiger charge is -2.06. The van der Waals surface area contributed by atoms with Crippen LogP contribution in [0.15, 0.2) is 48.7 Å². The predicted octanol–water partition coefficient (Wildman–Crippen LogP) is 3.42. The van der Waals surface area contributed by atoms with E-state index in [-0.39, 0.29) is 12.6 Å². The van der Waals surface area contributed by atoms with E-state index in [1.807, 2.05) is 12.1 Å². The van der Waals surface area contributed by atoms with Crippen LogP contribution in [0, 0.1) is 10.1 Å². The number of allylic oxidation sites excluding steroid dienone is 1. The van der Waals surface area contributed by atoms with Crippen LogP contribution in [-0.2, 0) is 0 Å². The largest absolute Gasteiger partial charge is 0.311 e. The molecule has 0 spiro atoms. The fraction of sp³-hybridized carbons (Fsp3) is 0.0769. The Morgan fingerprint density at radius 3 is 2.94 bits per heavy atom. The average Bonchev–Trinajstić information content (AvgIpc) is 2.84. The van der Waals surface area contributed by atoms with Gasteiger partial charge in [-0.2, -0.15) is 0 Å². The minimum Gasteiger partial charge on any atom is -0.311 e. The SMILES string of the molecule is [2H]CC=Cc1cccn1-c1ccccc1[N+](=O)[O-]. The molecule has 1 heterocycles. The van der Waals surface area contributed by atoms with Gasteiger partial charge in [0.15, 0.2) is 0 Å². The van der Waals surface area contributed by atoms with Crippen LogP contribution in [0.4, 0.5) is 5.69 Å². The van der Waals surface area contributed by atoms with Crippen LogP contribution in [0.3, 0.4) is 0 Å². The van der Waals surface area contributed by atoms with Crippen molar-refractivity contribution in [2.45, 2.75) is 6.90 Å². The Hall–Kier alpha value is -2.36. The molecule has 4 nitrogen and oxygen atoms in total. The number of para-hydroxylation sites is 2. The lowest BCUT2D eigenvalue weighted by atomic mass is 10.2. The van der Waals surface area contributed by atoms with Gasteiger partial charge in [0.05, 0.1) is 4.92 Å².